The second kappa shape index (κ2) is 5.95. The number of ether oxygens (including phenoxy) is 1. The van der Waals surface area contributed by atoms with E-state index < -0.39 is 23.7 Å². The molecule has 0 aromatic heterocycles. The smallest absolute Gasteiger partial charge is 0.412 e. The molecule has 0 rings (SSSR count). The van der Waals surface area contributed by atoms with Crippen LogP contribution in [0, 0.1) is 0 Å². The SMILES string of the molecule is CC(C)(C)OC(=O)N(CN)[C@@H](CS)C(=O)O. The van der Waals surface area contributed by atoms with Crippen molar-refractivity contribution in [1.29, 1.82) is 0 Å². The zero-order valence-electron chi connectivity index (χ0n) is 9.64. The molecule has 0 aliphatic carbocycles. The third-order valence-electron chi connectivity index (χ3n) is 1.66. The van der Waals surface area contributed by atoms with E-state index in [0.29, 0.717) is 0 Å². The first kappa shape index (κ1) is 15.0. The predicted octanol–water partition coefficient (Wildman–Crippen LogP) is 0.523. The van der Waals surface area contributed by atoms with Gasteiger partial charge in [0.1, 0.15) is 11.6 Å². The fourth-order valence-corrected chi connectivity index (χ4v) is 1.31. The monoisotopic (exact) mass is 250 g/mol. The quantitative estimate of drug-likeness (QED) is 0.500. The summed E-state index contributed by atoms with van der Waals surface area (Å²) >= 11 is 3.87. The lowest BCUT2D eigenvalue weighted by Gasteiger charge is -2.29. The van der Waals surface area contributed by atoms with Crippen molar-refractivity contribution in [3.63, 3.8) is 0 Å². The Kier molecular flexibility index (Phi) is 5.60. The topological polar surface area (TPSA) is 92.9 Å². The summed E-state index contributed by atoms with van der Waals surface area (Å²) in [6.07, 6.45) is -0.753. The highest BCUT2D eigenvalue weighted by Gasteiger charge is 2.30. The van der Waals surface area contributed by atoms with Gasteiger partial charge in [0.05, 0.1) is 6.67 Å². The normalized spacial score (nSPS) is 13.1. The first-order chi connectivity index (χ1) is 7.22. The third kappa shape index (κ3) is 4.71. The standard InChI is InChI=1S/C9H18N2O4S/c1-9(2,3)15-8(14)11(5-10)6(4-16)7(12)13/h6,16H,4-5,10H2,1-3H3,(H,12,13)/t6-/m0/s1. The van der Waals surface area contributed by atoms with Crippen LogP contribution >= 0.6 is 12.6 Å². The molecule has 0 aliphatic heterocycles. The van der Waals surface area contributed by atoms with E-state index in [2.05, 4.69) is 12.6 Å². The average Bonchev–Trinajstić information content (AvgIpc) is 2.09. The number of thiol groups is 1. The van der Waals surface area contributed by atoms with Gasteiger partial charge in [0, 0.05) is 5.75 Å². The number of amides is 1. The number of hydrogen-bond donors (Lipinski definition) is 3. The van der Waals surface area contributed by atoms with Crippen LogP contribution in [-0.2, 0) is 9.53 Å². The van der Waals surface area contributed by atoms with Crippen molar-refractivity contribution >= 4 is 24.7 Å². The van der Waals surface area contributed by atoms with E-state index >= 15 is 0 Å². The van der Waals surface area contributed by atoms with Crippen molar-refractivity contribution in [3.8, 4) is 0 Å². The molecule has 94 valence electrons. The third-order valence-corrected chi connectivity index (χ3v) is 2.00. The number of nitrogens with zero attached hydrogens (tertiary/aromatic N) is 1. The van der Waals surface area contributed by atoms with Crippen LogP contribution in [0.25, 0.3) is 0 Å². The van der Waals surface area contributed by atoms with Crippen molar-refractivity contribution in [2.24, 2.45) is 5.73 Å². The first-order valence-electron chi connectivity index (χ1n) is 4.76. The summed E-state index contributed by atoms with van der Waals surface area (Å²) in [5.74, 6) is -1.18. The first-order valence-corrected chi connectivity index (χ1v) is 5.39. The van der Waals surface area contributed by atoms with Gasteiger partial charge in [-0.25, -0.2) is 9.59 Å². The fraction of sp³-hybridized carbons (Fsp3) is 0.778. The minimum Gasteiger partial charge on any atom is -0.480 e. The predicted molar refractivity (Wildman–Crippen MR) is 62.4 cm³/mol. The molecule has 0 bridgehead atoms. The van der Waals surface area contributed by atoms with Crippen LogP contribution in [-0.4, -0.2) is 46.1 Å². The second-order valence-corrected chi connectivity index (χ2v) is 4.53. The number of carbonyl (C=O) groups is 2. The number of hydrogen-bond acceptors (Lipinski definition) is 5. The lowest BCUT2D eigenvalue weighted by molar-refractivity contribution is -0.142. The molecule has 0 unspecified atom stereocenters. The van der Waals surface area contributed by atoms with Crippen LogP contribution in [0.5, 0.6) is 0 Å². The van der Waals surface area contributed by atoms with E-state index in [-0.39, 0.29) is 12.4 Å². The van der Waals surface area contributed by atoms with Crippen molar-refractivity contribution in [1.82, 2.24) is 4.90 Å². The molecule has 1 amide bonds. The highest BCUT2D eigenvalue weighted by Crippen LogP contribution is 2.12. The van der Waals surface area contributed by atoms with E-state index in [1.54, 1.807) is 20.8 Å². The molecule has 0 fully saturated rings. The van der Waals surface area contributed by atoms with Crippen molar-refractivity contribution in [2.75, 3.05) is 12.4 Å². The summed E-state index contributed by atoms with van der Waals surface area (Å²) in [5, 5.41) is 8.87. The minimum atomic E-state index is -1.16. The zero-order chi connectivity index (χ0) is 12.9. The molecule has 0 aliphatic rings. The van der Waals surface area contributed by atoms with E-state index in [9.17, 15) is 9.59 Å². The van der Waals surface area contributed by atoms with Gasteiger partial charge in [-0.3, -0.25) is 4.90 Å². The van der Waals surface area contributed by atoms with E-state index in [0.717, 1.165) is 4.90 Å². The summed E-state index contributed by atoms with van der Waals surface area (Å²) in [7, 11) is 0. The van der Waals surface area contributed by atoms with Crippen molar-refractivity contribution in [2.45, 2.75) is 32.4 Å². The van der Waals surface area contributed by atoms with Crippen LogP contribution in [0.3, 0.4) is 0 Å². The Balaban J connectivity index is 4.71. The summed E-state index contributed by atoms with van der Waals surface area (Å²) < 4.78 is 5.03. The van der Waals surface area contributed by atoms with Crippen molar-refractivity contribution < 1.29 is 19.4 Å². The Bertz CT molecular complexity index is 265. The van der Waals surface area contributed by atoms with Gasteiger partial charge in [-0.2, -0.15) is 12.6 Å². The fourth-order valence-electron chi connectivity index (χ4n) is 0.960. The number of carbonyl (C=O) groups excluding carboxylic acids is 1. The molecule has 0 saturated carbocycles. The number of rotatable bonds is 4. The van der Waals surface area contributed by atoms with Gasteiger partial charge in [-0.15, -0.1) is 0 Å². The van der Waals surface area contributed by atoms with E-state index in [1.165, 1.54) is 0 Å². The maximum atomic E-state index is 11.6. The molecule has 0 radical (unpaired) electrons. The van der Waals surface area contributed by atoms with Crippen LogP contribution in [0.1, 0.15) is 20.8 Å². The van der Waals surface area contributed by atoms with Crippen LogP contribution in [0.15, 0.2) is 0 Å². The maximum absolute atomic E-state index is 11.6. The summed E-state index contributed by atoms with van der Waals surface area (Å²) in [6, 6.07) is -1.08. The van der Waals surface area contributed by atoms with Crippen LogP contribution < -0.4 is 5.73 Å². The molecule has 0 aromatic rings. The number of aliphatic carboxylic acids is 1. The van der Waals surface area contributed by atoms with Gasteiger partial charge < -0.3 is 15.6 Å². The van der Waals surface area contributed by atoms with Gasteiger partial charge >= 0.3 is 12.1 Å². The Morgan fingerprint density at radius 2 is 2.00 bits per heavy atom. The molecule has 0 spiro atoms. The zero-order valence-corrected chi connectivity index (χ0v) is 10.5. The summed E-state index contributed by atoms with van der Waals surface area (Å²) in [5.41, 5.74) is 4.64. The molecule has 3 N–H and O–H groups in total. The average molecular weight is 250 g/mol. The highest BCUT2D eigenvalue weighted by molar-refractivity contribution is 7.80. The second-order valence-electron chi connectivity index (χ2n) is 4.17. The molecule has 16 heavy (non-hydrogen) atoms. The molecule has 6 nitrogen and oxygen atoms in total. The minimum absolute atomic E-state index is 0.0220. The van der Waals surface area contributed by atoms with Gasteiger partial charge in [0.25, 0.3) is 0 Å². The number of carboxylic acid groups (broad SMARTS) is 1. The number of nitrogens with two attached hydrogens (primary N) is 1. The summed E-state index contributed by atoms with van der Waals surface area (Å²) in [6.45, 7) is 4.84. The van der Waals surface area contributed by atoms with Crippen LogP contribution in [0.4, 0.5) is 4.79 Å². The maximum Gasteiger partial charge on any atom is 0.412 e. The van der Waals surface area contributed by atoms with Gasteiger partial charge in [-0.05, 0) is 20.8 Å². The van der Waals surface area contributed by atoms with Crippen molar-refractivity contribution in [3.05, 3.63) is 0 Å². The van der Waals surface area contributed by atoms with E-state index in [1.807, 2.05) is 0 Å². The Labute approximate surface area is 100 Å². The lowest BCUT2D eigenvalue weighted by atomic mass is 10.2. The Morgan fingerprint density at radius 1 is 1.50 bits per heavy atom. The molecular formula is C9H18N2O4S. The molecule has 0 aromatic carbocycles. The van der Waals surface area contributed by atoms with Gasteiger partial charge in [-0.1, -0.05) is 0 Å². The van der Waals surface area contributed by atoms with E-state index in [4.69, 9.17) is 15.6 Å². The summed E-state index contributed by atoms with van der Waals surface area (Å²) in [4.78, 5) is 23.4. The molecule has 0 saturated heterocycles. The molecule has 1 atom stereocenters. The molecule has 0 heterocycles. The van der Waals surface area contributed by atoms with Gasteiger partial charge in [0.2, 0.25) is 0 Å². The van der Waals surface area contributed by atoms with Gasteiger partial charge in [0.15, 0.2) is 0 Å². The Morgan fingerprint density at radius 3 is 2.25 bits per heavy atom. The molecule has 7 heteroatoms. The molecular weight excluding hydrogens is 232 g/mol. The lowest BCUT2D eigenvalue weighted by Crippen LogP contribution is -2.50. The Hall–Kier alpha value is -0.950. The van der Waals surface area contributed by atoms with Crippen LogP contribution in [0.2, 0.25) is 0 Å². The largest absolute Gasteiger partial charge is 0.480 e. The highest BCUT2D eigenvalue weighted by atomic mass is 32.1. The number of carboxylic acids is 1.